The van der Waals surface area contributed by atoms with Gasteiger partial charge in [-0.1, -0.05) is 38.1 Å². The van der Waals surface area contributed by atoms with Crippen molar-refractivity contribution in [3.8, 4) is 0 Å². The van der Waals surface area contributed by atoms with Gasteiger partial charge in [0.25, 0.3) is 0 Å². The normalized spacial score (nSPS) is 23.2. The lowest BCUT2D eigenvalue weighted by molar-refractivity contribution is -0.144. The smallest absolute Gasteiger partial charge is 0.311 e. The minimum atomic E-state index is -0.987. The third kappa shape index (κ3) is 2.37. The Bertz CT molecular complexity index is 461. The van der Waals surface area contributed by atoms with Crippen molar-refractivity contribution in [2.75, 3.05) is 0 Å². The van der Waals surface area contributed by atoms with Gasteiger partial charge in [-0.3, -0.25) is 9.59 Å². The highest BCUT2D eigenvalue weighted by atomic mass is 16.6. The van der Waals surface area contributed by atoms with Crippen molar-refractivity contribution in [1.29, 1.82) is 0 Å². The maximum atomic E-state index is 11.2. The molecule has 1 fully saturated rings. The molecule has 1 heterocycles. The fourth-order valence-corrected chi connectivity index (χ4v) is 2.15. The molecule has 96 valence electrons. The standard InChI is InChI=1S/C14H16O4/c1-8(2)9-3-5-10(6-4-9)13-11(14(16)17)7-12(15)18-13/h3-6,8,11,13H,7H2,1-2H3,(H,16,17)/t11-,13-/m0/s1. The third-order valence-electron chi connectivity index (χ3n) is 3.26. The summed E-state index contributed by atoms with van der Waals surface area (Å²) in [6.45, 7) is 4.18. The van der Waals surface area contributed by atoms with Crippen LogP contribution in [0.5, 0.6) is 0 Å². The van der Waals surface area contributed by atoms with Crippen LogP contribution >= 0.6 is 0 Å². The van der Waals surface area contributed by atoms with E-state index in [2.05, 4.69) is 13.8 Å². The van der Waals surface area contributed by atoms with E-state index >= 15 is 0 Å². The molecule has 4 heteroatoms. The molecule has 1 aromatic rings. The van der Waals surface area contributed by atoms with Gasteiger partial charge in [0.05, 0.1) is 6.42 Å². The maximum absolute atomic E-state index is 11.2. The lowest BCUT2D eigenvalue weighted by Gasteiger charge is -2.15. The Hall–Kier alpha value is -1.84. The highest BCUT2D eigenvalue weighted by Crippen LogP contribution is 2.35. The Morgan fingerprint density at radius 2 is 1.94 bits per heavy atom. The molecule has 18 heavy (non-hydrogen) atoms. The molecule has 0 bridgehead atoms. The van der Waals surface area contributed by atoms with Crippen molar-refractivity contribution < 1.29 is 19.4 Å². The molecule has 4 nitrogen and oxygen atoms in total. The molecule has 2 rings (SSSR count). The lowest BCUT2D eigenvalue weighted by atomic mass is 9.93. The van der Waals surface area contributed by atoms with Crippen LogP contribution < -0.4 is 0 Å². The Kier molecular flexibility index (Phi) is 3.36. The summed E-state index contributed by atoms with van der Waals surface area (Å²) in [5, 5.41) is 9.07. The van der Waals surface area contributed by atoms with Crippen molar-refractivity contribution in [3.63, 3.8) is 0 Å². The number of carboxylic acid groups (broad SMARTS) is 1. The Morgan fingerprint density at radius 3 is 2.44 bits per heavy atom. The van der Waals surface area contributed by atoms with E-state index in [9.17, 15) is 9.59 Å². The molecule has 0 aliphatic carbocycles. The van der Waals surface area contributed by atoms with E-state index in [-0.39, 0.29) is 6.42 Å². The number of rotatable bonds is 3. The van der Waals surface area contributed by atoms with Crippen LogP contribution in [0.2, 0.25) is 0 Å². The van der Waals surface area contributed by atoms with E-state index in [1.165, 1.54) is 5.56 Å². The molecule has 0 amide bonds. The van der Waals surface area contributed by atoms with Crippen molar-refractivity contribution in [2.24, 2.45) is 5.92 Å². The number of carbonyl (C=O) groups excluding carboxylic acids is 1. The van der Waals surface area contributed by atoms with E-state index in [4.69, 9.17) is 9.84 Å². The van der Waals surface area contributed by atoms with E-state index in [0.29, 0.717) is 5.92 Å². The highest BCUT2D eigenvalue weighted by Gasteiger charge is 2.40. The molecule has 0 radical (unpaired) electrons. The van der Waals surface area contributed by atoms with Crippen molar-refractivity contribution in [3.05, 3.63) is 35.4 Å². The Morgan fingerprint density at radius 1 is 1.33 bits per heavy atom. The van der Waals surface area contributed by atoms with Crippen molar-refractivity contribution >= 4 is 11.9 Å². The minimum absolute atomic E-state index is 0.0497. The van der Waals surface area contributed by atoms with Crippen LogP contribution in [-0.4, -0.2) is 17.0 Å². The molecule has 2 atom stereocenters. The second-order valence-electron chi connectivity index (χ2n) is 4.88. The third-order valence-corrected chi connectivity index (χ3v) is 3.26. The summed E-state index contributed by atoms with van der Waals surface area (Å²) >= 11 is 0. The predicted octanol–water partition coefficient (Wildman–Crippen LogP) is 2.50. The first kappa shape index (κ1) is 12.6. The largest absolute Gasteiger partial charge is 0.481 e. The van der Waals surface area contributed by atoms with Gasteiger partial charge in [-0.15, -0.1) is 0 Å². The summed E-state index contributed by atoms with van der Waals surface area (Å²) < 4.78 is 5.10. The molecule has 0 saturated carbocycles. The zero-order valence-corrected chi connectivity index (χ0v) is 10.4. The first-order valence-corrected chi connectivity index (χ1v) is 6.01. The number of ether oxygens (including phenoxy) is 1. The van der Waals surface area contributed by atoms with Crippen LogP contribution in [-0.2, 0) is 14.3 Å². The number of carboxylic acids is 1. The summed E-state index contributed by atoms with van der Waals surface area (Å²) in [7, 11) is 0. The van der Waals surface area contributed by atoms with E-state index in [0.717, 1.165) is 5.56 Å². The van der Waals surface area contributed by atoms with Crippen LogP contribution in [0.4, 0.5) is 0 Å². The van der Waals surface area contributed by atoms with Crippen molar-refractivity contribution in [1.82, 2.24) is 0 Å². The van der Waals surface area contributed by atoms with Gasteiger partial charge in [0.2, 0.25) is 0 Å². The quantitative estimate of drug-likeness (QED) is 0.835. The monoisotopic (exact) mass is 248 g/mol. The number of esters is 1. The molecule has 0 aromatic heterocycles. The SMILES string of the molecule is CC(C)c1ccc([C@@H]2OC(=O)C[C@@H]2C(=O)O)cc1. The predicted molar refractivity (Wildman–Crippen MR) is 65.1 cm³/mol. The topological polar surface area (TPSA) is 63.6 Å². The van der Waals surface area contributed by atoms with Crippen LogP contribution in [0.3, 0.4) is 0 Å². The second kappa shape index (κ2) is 4.80. The van der Waals surface area contributed by atoms with Crippen LogP contribution in [0.25, 0.3) is 0 Å². The molecule has 0 spiro atoms. The first-order valence-electron chi connectivity index (χ1n) is 6.01. The highest BCUT2D eigenvalue weighted by molar-refractivity contribution is 5.82. The van der Waals surface area contributed by atoms with Gasteiger partial charge in [0.1, 0.15) is 12.0 Å². The van der Waals surface area contributed by atoms with Gasteiger partial charge in [-0.05, 0) is 17.0 Å². The summed E-state index contributed by atoms with van der Waals surface area (Å²) in [6, 6.07) is 7.58. The fraction of sp³-hybridized carbons (Fsp3) is 0.429. The van der Waals surface area contributed by atoms with Gasteiger partial charge < -0.3 is 9.84 Å². The Labute approximate surface area is 106 Å². The van der Waals surface area contributed by atoms with Gasteiger partial charge in [-0.25, -0.2) is 0 Å². The number of hydrogen-bond acceptors (Lipinski definition) is 3. The number of hydrogen-bond donors (Lipinski definition) is 1. The maximum Gasteiger partial charge on any atom is 0.311 e. The number of benzene rings is 1. The van der Waals surface area contributed by atoms with E-state index in [1.807, 2.05) is 24.3 Å². The zero-order chi connectivity index (χ0) is 13.3. The van der Waals surface area contributed by atoms with Gasteiger partial charge in [0.15, 0.2) is 0 Å². The number of cyclic esters (lactones) is 1. The Balaban J connectivity index is 2.24. The average Bonchev–Trinajstić information content (AvgIpc) is 2.71. The van der Waals surface area contributed by atoms with E-state index in [1.54, 1.807) is 0 Å². The molecule has 1 aliphatic rings. The van der Waals surface area contributed by atoms with Crippen LogP contribution in [0.15, 0.2) is 24.3 Å². The first-order chi connectivity index (χ1) is 8.49. The second-order valence-corrected chi connectivity index (χ2v) is 4.88. The van der Waals surface area contributed by atoms with Crippen LogP contribution in [0, 0.1) is 5.92 Å². The molecule has 1 N–H and O–H groups in total. The molecule has 1 aliphatic heterocycles. The molecule has 0 unspecified atom stereocenters. The zero-order valence-electron chi connectivity index (χ0n) is 10.4. The summed E-state index contributed by atoms with van der Waals surface area (Å²) in [4.78, 5) is 22.3. The van der Waals surface area contributed by atoms with E-state index < -0.39 is 24.0 Å². The van der Waals surface area contributed by atoms with Gasteiger partial charge in [0, 0.05) is 0 Å². The molecule has 1 aromatic carbocycles. The fourth-order valence-electron chi connectivity index (χ4n) is 2.15. The minimum Gasteiger partial charge on any atom is -0.481 e. The van der Waals surface area contributed by atoms with Gasteiger partial charge in [-0.2, -0.15) is 0 Å². The number of aliphatic carboxylic acids is 1. The van der Waals surface area contributed by atoms with Crippen LogP contribution in [0.1, 0.15) is 43.4 Å². The number of carbonyl (C=O) groups is 2. The summed E-state index contributed by atoms with van der Waals surface area (Å²) in [6.07, 6.45) is -0.706. The molecular formula is C14H16O4. The molecular weight excluding hydrogens is 232 g/mol. The summed E-state index contributed by atoms with van der Waals surface area (Å²) in [5.41, 5.74) is 1.92. The average molecular weight is 248 g/mol. The van der Waals surface area contributed by atoms with Gasteiger partial charge >= 0.3 is 11.9 Å². The van der Waals surface area contributed by atoms with Crippen molar-refractivity contribution in [2.45, 2.75) is 32.3 Å². The molecule has 1 saturated heterocycles. The lowest BCUT2D eigenvalue weighted by Crippen LogP contribution is -2.17. The summed E-state index contributed by atoms with van der Waals surface area (Å²) in [5.74, 6) is -1.79.